The zero-order chi connectivity index (χ0) is 7.40. The number of likely N-dealkylation sites (tertiary alicyclic amines) is 1. The lowest BCUT2D eigenvalue weighted by molar-refractivity contribution is 0.243. The van der Waals surface area contributed by atoms with Gasteiger partial charge in [0.1, 0.15) is 0 Å². The van der Waals surface area contributed by atoms with E-state index >= 15 is 0 Å². The van der Waals surface area contributed by atoms with E-state index < -0.39 is 0 Å². The maximum Gasteiger partial charge on any atom is 0.0431 e. The number of aliphatic hydroxyl groups excluding tert-OH is 1. The van der Waals surface area contributed by atoms with Gasteiger partial charge in [0.25, 0.3) is 0 Å². The van der Waals surface area contributed by atoms with Crippen LogP contribution in [0.25, 0.3) is 0 Å². The zero-order valence-corrected chi connectivity index (χ0v) is 6.71. The number of hydrogen-bond donors (Lipinski definition) is 1. The van der Waals surface area contributed by atoms with E-state index in [1.165, 1.54) is 25.8 Å². The number of nitrogens with zero attached hydrogens (tertiary/aromatic N) is 1. The van der Waals surface area contributed by atoms with Gasteiger partial charge in [-0.3, -0.25) is 0 Å². The van der Waals surface area contributed by atoms with Crippen LogP contribution >= 0.6 is 0 Å². The molecule has 1 N–H and O–H groups in total. The first-order valence-corrected chi connectivity index (χ1v) is 4.15. The van der Waals surface area contributed by atoms with Gasteiger partial charge in [0, 0.05) is 12.6 Å². The highest BCUT2D eigenvalue weighted by atomic mass is 16.2. The third-order valence-electron chi connectivity index (χ3n) is 2.37. The van der Waals surface area contributed by atoms with E-state index in [9.17, 15) is 0 Å². The quantitative estimate of drug-likeness (QED) is 0.633. The van der Waals surface area contributed by atoms with Crippen LogP contribution in [0, 0.1) is 0 Å². The average molecular weight is 143 g/mol. The highest BCUT2D eigenvalue weighted by Gasteiger charge is 2.19. The fourth-order valence-corrected chi connectivity index (χ4v) is 1.67. The number of aliphatic hydroxyl groups is 1. The molecule has 1 saturated heterocycles. The summed E-state index contributed by atoms with van der Waals surface area (Å²) >= 11 is 0. The van der Waals surface area contributed by atoms with Crippen LogP contribution in [0.3, 0.4) is 0 Å². The Balaban J connectivity index is 2.14. The molecule has 2 heteroatoms. The summed E-state index contributed by atoms with van der Waals surface area (Å²) in [4.78, 5) is 2.40. The van der Waals surface area contributed by atoms with Crippen molar-refractivity contribution in [3.05, 3.63) is 0 Å². The molecule has 1 atom stereocenters. The summed E-state index contributed by atoms with van der Waals surface area (Å²) in [6, 6.07) is 0.757. The Morgan fingerprint density at radius 3 is 2.90 bits per heavy atom. The van der Waals surface area contributed by atoms with Gasteiger partial charge >= 0.3 is 0 Å². The Morgan fingerprint density at radius 1 is 1.60 bits per heavy atom. The Bertz CT molecular complexity index is 95.3. The van der Waals surface area contributed by atoms with Gasteiger partial charge in [-0.05, 0) is 39.3 Å². The van der Waals surface area contributed by atoms with Crippen molar-refractivity contribution in [3.8, 4) is 0 Å². The standard InChI is InChI=1S/C8H17NO/c1-9-6-2-4-8(9)5-3-7-10/h8,10H,2-7H2,1H3. The molecule has 10 heavy (non-hydrogen) atoms. The lowest BCUT2D eigenvalue weighted by atomic mass is 10.1. The molecule has 0 aliphatic carbocycles. The van der Waals surface area contributed by atoms with Gasteiger partial charge in [0.15, 0.2) is 0 Å². The normalized spacial score (nSPS) is 27.6. The van der Waals surface area contributed by atoms with Gasteiger partial charge in [-0.25, -0.2) is 0 Å². The van der Waals surface area contributed by atoms with Gasteiger partial charge in [0.2, 0.25) is 0 Å². The van der Waals surface area contributed by atoms with Crippen molar-refractivity contribution in [2.24, 2.45) is 0 Å². The van der Waals surface area contributed by atoms with Crippen molar-refractivity contribution in [2.45, 2.75) is 31.7 Å². The average Bonchev–Trinajstić information content (AvgIpc) is 2.31. The van der Waals surface area contributed by atoms with Gasteiger partial charge in [-0.2, -0.15) is 0 Å². The predicted molar refractivity (Wildman–Crippen MR) is 42.0 cm³/mol. The Labute approximate surface area is 62.8 Å². The largest absolute Gasteiger partial charge is 0.396 e. The first kappa shape index (κ1) is 8.02. The second kappa shape index (κ2) is 3.94. The minimum Gasteiger partial charge on any atom is -0.396 e. The first-order chi connectivity index (χ1) is 4.84. The molecule has 1 aliphatic heterocycles. The van der Waals surface area contributed by atoms with Crippen LogP contribution in [0.4, 0.5) is 0 Å². The van der Waals surface area contributed by atoms with E-state index in [0.717, 1.165) is 12.5 Å². The summed E-state index contributed by atoms with van der Waals surface area (Å²) in [5, 5.41) is 8.59. The molecule has 0 aromatic carbocycles. The van der Waals surface area contributed by atoms with E-state index in [4.69, 9.17) is 5.11 Å². The second-order valence-corrected chi connectivity index (χ2v) is 3.14. The van der Waals surface area contributed by atoms with E-state index in [1.807, 2.05) is 0 Å². The van der Waals surface area contributed by atoms with Gasteiger partial charge in [-0.1, -0.05) is 0 Å². The van der Waals surface area contributed by atoms with Crippen LogP contribution in [0.1, 0.15) is 25.7 Å². The van der Waals surface area contributed by atoms with E-state index in [1.54, 1.807) is 0 Å². The molecule has 1 aliphatic rings. The van der Waals surface area contributed by atoms with E-state index in [2.05, 4.69) is 11.9 Å². The Hall–Kier alpha value is -0.0800. The van der Waals surface area contributed by atoms with E-state index in [-0.39, 0.29) is 0 Å². The van der Waals surface area contributed by atoms with Crippen molar-refractivity contribution in [2.75, 3.05) is 20.2 Å². The summed E-state index contributed by atoms with van der Waals surface area (Å²) in [6.07, 6.45) is 4.81. The molecule has 0 aromatic heterocycles. The molecule has 1 unspecified atom stereocenters. The summed E-state index contributed by atoms with van der Waals surface area (Å²) in [5.41, 5.74) is 0. The molecular formula is C8H17NO. The molecule has 60 valence electrons. The highest BCUT2D eigenvalue weighted by molar-refractivity contribution is 4.75. The SMILES string of the molecule is CN1CCCC1CCCO. The van der Waals surface area contributed by atoms with Crippen molar-refractivity contribution in [1.82, 2.24) is 4.90 Å². The molecule has 1 fully saturated rings. The molecule has 0 saturated carbocycles. The maximum atomic E-state index is 8.59. The van der Waals surface area contributed by atoms with Crippen LogP contribution in [0.15, 0.2) is 0 Å². The third-order valence-corrected chi connectivity index (χ3v) is 2.37. The van der Waals surface area contributed by atoms with Crippen LogP contribution in [-0.2, 0) is 0 Å². The van der Waals surface area contributed by atoms with Crippen LogP contribution in [-0.4, -0.2) is 36.2 Å². The van der Waals surface area contributed by atoms with Gasteiger partial charge in [-0.15, -0.1) is 0 Å². The van der Waals surface area contributed by atoms with Crippen molar-refractivity contribution < 1.29 is 5.11 Å². The van der Waals surface area contributed by atoms with Gasteiger partial charge < -0.3 is 10.0 Å². The minimum absolute atomic E-state index is 0.352. The smallest absolute Gasteiger partial charge is 0.0431 e. The van der Waals surface area contributed by atoms with Crippen LogP contribution in [0.2, 0.25) is 0 Å². The van der Waals surface area contributed by atoms with Gasteiger partial charge in [0.05, 0.1) is 0 Å². The molecule has 0 radical (unpaired) electrons. The predicted octanol–water partition coefficient (Wildman–Crippen LogP) is 0.853. The van der Waals surface area contributed by atoms with E-state index in [0.29, 0.717) is 6.61 Å². The lowest BCUT2D eigenvalue weighted by Gasteiger charge is -2.18. The molecule has 1 rings (SSSR count). The molecule has 1 heterocycles. The van der Waals surface area contributed by atoms with Crippen LogP contribution < -0.4 is 0 Å². The fourth-order valence-electron chi connectivity index (χ4n) is 1.67. The second-order valence-electron chi connectivity index (χ2n) is 3.14. The van der Waals surface area contributed by atoms with Crippen LogP contribution in [0.5, 0.6) is 0 Å². The topological polar surface area (TPSA) is 23.5 Å². The fraction of sp³-hybridized carbons (Fsp3) is 1.00. The number of hydrogen-bond acceptors (Lipinski definition) is 2. The molecule has 0 bridgehead atoms. The molecule has 2 nitrogen and oxygen atoms in total. The third kappa shape index (κ3) is 1.96. The first-order valence-electron chi connectivity index (χ1n) is 4.15. The number of rotatable bonds is 3. The Morgan fingerprint density at radius 2 is 2.40 bits per heavy atom. The summed E-state index contributed by atoms with van der Waals surface area (Å²) in [5.74, 6) is 0. The molecule has 0 aromatic rings. The summed E-state index contributed by atoms with van der Waals surface area (Å²) in [7, 11) is 2.18. The summed E-state index contributed by atoms with van der Waals surface area (Å²) < 4.78 is 0. The van der Waals surface area contributed by atoms with Crippen molar-refractivity contribution in [1.29, 1.82) is 0 Å². The maximum absolute atomic E-state index is 8.59. The lowest BCUT2D eigenvalue weighted by Crippen LogP contribution is -2.24. The molecular weight excluding hydrogens is 126 g/mol. The Kier molecular flexibility index (Phi) is 3.16. The monoisotopic (exact) mass is 143 g/mol. The summed E-state index contributed by atoms with van der Waals surface area (Å²) in [6.45, 7) is 1.60. The zero-order valence-electron chi connectivity index (χ0n) is 6.71. The van der Waals surface area contributed by atoms with Crippen molar-refractivity contribution >= 4 is 0 Å². The highest BCUT2D eigenvalue weighted by Crippen LogP contribution is 2.18. The molecule has 0 amide bonds. The minimum atomic E-state index is 0.352. The molecule has 0 spiro atoms. The van der Waals surface area contributed by atoms with Crippen molar-refractivity contribution in [3.63, 3.8) is 0 Å².